The van der Waals surface area contributed by atoms with Crippen LogP contribution < -0.4 is 0 Å². The first kappa shape index (κ1) is 32.6. The molecule has 0 saturated carbocycles. The van der Waals surface area contributed by atoms with Gasteiger partial charge < -0.3 is 0 Å². The Morgan fingerprint density at radius 3 is 1.25 bits per heavy atom. The van der Waals surface area contributed by atoms with E-state index in [1.807, 2.05) is 29.5 Å². The van der Waals surface area contributed by atoms with E-state index in [1.165, 1.54) is 36.9 Å². The Kier molecular flexibility index (Phi) is 8.36. The number of nitrogens with zero attached hydrogens (tertiary/aromatic N) is 3. The van der Waals surface area contributed by atoms with Gasteiger partial charge in [-0.05, 0) is 62.7 Å². The highest BCUT2D eigenvalue weighted by Gasteiger charge is 2.16. The van der Waals surface area contributed by atoms with Gasteiger partial charge in [0.15, 0.2) is 17.5 Å². The van der Waals surface area contributed by atoms with E-state index < -0.39 is 0 Å². The molecule has 0 radical (unpaired) electrons. The van der Waals surface area contributed by atoms with E-state index >= 15 is 0 Å². The highest BCUT2D eigenvalue weighted by molar-refractivity contribution is 7.25. The van der Waals surface area contributed by atoms with E-state index in [4.69, 9.17) is 15.0 Å². The molecule has 4 heteroatoms. The van der Waals surface area contributed by atoms with Crippen molar-refractivity contribution < 1.29 is 0 Å². The summed E-state index contributed by atoms with van der Waals surface area (Å²) < 4.78 is 2.61. The van der Waals surface area contributed by atoms with Crippen LogP contribution in [0.15, 0.2) is 200 Å². The van der Waals surface area contributed by atoms with Gasteiger partial charge >= 0.3 is 0 Å². The summed E-state index contributed by atoms with van der Waals surface area (Å²) in [5.41, 5.74) is 12.1. The maximum Gasteiger partial charge on any atom is 0.164 e. The van der Waals surface area contributed by atoms with Crippen molar-refractivity contribution in [2.24, 2.45) is 0 Å². The number of hydrogen-bond donors (Lipinski definition) is 0. The predicted octanol–water partition coefficient (Wildman–Crippen LogP) is 13.9. The number of fused-ring (bicyclic) bond motifs is 3. The van der Waals surface area contributed by atoms with Gasteiger partial charge in [0.2, 0.25) is 0 Å². The highest BCUT2D eigenvalue weighted by Crippen LogP contribution is 2.37. The average Bonchev–Trinajstić information content (AvgIpc) is 3.65. The van der Waals surface area contributed by atoms with E-state index in [9.17, 15) is 0 Å². The van der Waals surface area contributed by atoms with Crippen molar-refractivity contribution >= 4 is 31.5 Å². The fourth-order valence-electron chi connectivity index (χ4n) is 7.32. The van der Waals surface area contributed by atoms with Crippen LogP contribution >= 0.6 is 11.3 Å². The molecule has 0 aliphatic rings. The van der Waals surface area contributed by atoms with Gasteiger partial charge in [-0.3, -0.25) is 0 Å². The molecule has 0 amide bonds. The van der Waals surface area contributed by atoms with Crippen molar-refractivity contribution in [1.29, 1.82) is 0 Å². The standard InChI is InChI=1S/C51H33N3S/c1-3-11-34(12-4-1)35-19-21-36(22-20-35)37-23-27-40(28-24-37)49-52-50(54-51(53-49)45-17-8-7-15-43(45)39-13-5-2-6-14-39)41-29-25-38(26-30-41)42-31-32-48-46(33-42)44-16-9-10-18-47(44)55-48/h1-33H. The average molecular weight is 720 g/mol. The Morgan fingerprint density at radius 1 is 0.255 bits per heavy atom. The zero-order valence-corrected chi connectivity index (χ0v) is 30.6. The summed E-state index contributed by atoms with van der Waals surface area (Å²) in [6, 6.07) is 70.5. The fraction of sp³-hybridized carbons (Fsp3) is 0. The van der Waals surface area contributed by atoms with Crippen LogP contribution in [0, 0.1) is 0 Å². The molecule has 0 saturated heterocycles. The van der Waals surface area contributed by atoms with Crippen LogP contribution in [0.4, 0.5) is 0 Å². The molecule has 0 N–H and O–H groups in total. The Labute approximate surface area is 323 Å². The molecule has 0 unspecified atom stereocenters. The molecule has 10 rings (SSSR count). The summed E-state index contributed by atoms with van der Waals surface area (Å²) >= 11 is 1.84. The topological polar surface area (TPSA) is 38.7 Å². The maximum atomic E-state index is 5.13. The summed E-state index contributed by atoms with van der Waals surface area (Å²) in [4.78, 5) is 15.4. The first-order valence-electron chi connectivity index (χ1n) is 18.4. The molecule has 0 aliphatic carbocycles. The number of aromatic nitrogens is 3. The van der Waals surface area contributed by atoms with Gasteiger partial charge in [0, 0.05) is 36.9 Å². The maximum absolute atomic E-state index is 5.13. The fourth-order valence-corrected chi connectivity index (χ4v) is 8.40. The van der Waals surface area contributed by atoms with Crippen LogP contribution in [0.1, 0.15) is 0 Å². The van der Waals surface area contributed by atoms with Gasteiger partial charge in [0.05, 0.1) is 0 Å². The first-order chi connectivity index (χ1) is 27.2. The van der Waals surface area contributed by atoms with Crippen molar-refractivity contribution in [1.82, 2.24) is 15.0 Å². The lowest BCUT2D eigenvalue weighted by molar-refractivity contribution is 1.07. The highest BCUT2D eigenvalue weighted by atomic mass is 32.1. The van der Waals surface area contributed by atoms with Crippen LogP contribution in [0.2, 0.25) is 0 Å². The van der Waals surface area contributed by atoms with Crippen LogP contribution in [-0.4, -0.2) is 15.0 Å². The number of thiophene rings is 1. The van der Waals surface area contributed by atoms with Crippen LogP contribution in [-0.2, 0) is 0 Å². The second-order valence-electron chi connectivity index (χ2n) is 13.6. The minimum absolute atomic E-state index is 0.632. The number of rotatable bonds is 7. The van der Waals surface area contributed by atoms with Gasteiger partial charge in [-0.25, -0.2) is 15.0 Å². The van der Waals surface area contributed by atoms with Gasteiger partial charge in [0.1, 0.15) is 0 Å². The lowest BCUT2D eigenvalue weighted by Crippen LogP contribution is -2.01. The summed E-state index contributed by atoms with van der Waals surface area (Å²) in [6.45, 7) is 0. The van der Waals surface area contributed by atoms with Gasteiger partial charge in [0.25, 0.3) is 0 Å². The molecule has 2 aromatic heterocycles. The van der Waals surface area contributed by atoms with Crippen molar-refractivity contribution in [2.75, 3.05) is 0 Å². The Balaban J connectivity index is 1.03. The summed E-state index contributed by atoms with van der Waals surface area (Å²) in [5.74, 6) is 1.90. The molecule has 55 heavy (non-hydrogen) atoms. The van der Waals surface area contributed by atoms with Crippen molar-refractivity contribution in [3.8, 4) is 78.7 Å². The summed E-state index contributed by atoms with van der Waals surface area (Å²) in [7, 11) is 0. The van der Waals surface area contributed by atoms with E-state index in [1.54, 1.807) is 0 Å². The van der Waals surface area contributed by atoms with Crippen LogP contribution in [0.3, 0.4) is 0 Å². The molecule has 0 fully saturated rings. The smallest absolute Gasteiger partial charge is 0.164 e. The molecule has 3 nitrogen and oxygen atoms in total. The molecule has 0 atom stereocenters. The van der Waals surface area contributed by atoms with Gasteiger partial charge in [-0.2, -0.15) is 0 Å². The van der Waals surface area contributed by atoms with Gasteiger partial charge in [-0.1, -0.05) is 182 Å². The Morgan fingerprint density at radius 2 is 0.655 bits per heavy atom. The Bertz CT molecular complexity index is 2930. The van der Waals surface area contributed by atoms with Crippen LogP contribution in [0.5, 0.6) is 0 Å². The van der Waals surface area contributed by atoms with E-state index in [0.29, 0.717) is 17.5 Å². The third-order valence-corrected chi connectivity index (χ3v) is 11.4. The molecular formula is C51H33N3S. The largest absolute Gasteiger partial charge is 0.208 e. The van der Waals surface area contributed by atoms with E-state index in [-0.39, 0.29) is 0 Å². The molecule has 0 spiro atoms. The predicted molar refractivity (Wildman–Crippen MR) is 231 cm³/mol. The van der Waals surface area contributed by atoms with Crippen molar-refractivity contribution in [3.63, 3.8) is 0 Å². The second-order valence-corrected chi connectivity index (χ2v) is 14.7. The minimum Gasteiger partial charge on any atom is -0.208 e. The van der Waals surface area contributed by atoms with Crippen molar-refractivity contribution in [3.05, 3.63) is 200 Å². The third kappa shape index (κ3) is 6.39. The lowest BCUT2D eigenvalue weighted by atomic mass is 9.98. The lowest BCUT2D eigenvalue weighted by Gasteiger charge is -2.12. The summed E-state index contributed by atoms with van der Waals surface area (Å²) in [5, 5.41) is 2.59. The molecule has 0 bridgehead atoms. The second kappa shape index (κ2) is 14.1. The normalized spacial score (nSPS) is 11.3. The van der Waals surface area contributed by atoms with Crippen LogP contribution in [0.25, 0.3) is 98.8 Å². The van der Waals surface area contributed by atoms with E-state index in [0.717, 1.165) is 44.5 Å². The number of benzene rings is 8. The quantitative estimate of drug-likeness (QED) is 0.165. The third-order valence-electron chi connectivity index (χ3n) is 10.2. The van der Waals surface area contributed by atoms with Crippen molar-refractivity contribution in [2.45, 2.75) is 0 Å². The first-order valence-corrected chi connectivity index (χ1v) is 19.2. The monoisotopic (exact) mass is 719 g/mol. The molecule has 2 heterocycles. The zero-order chi connectivity index (χ0) is 36.6. The van der Waals surface area contributed by atoms with E-state index in [2.05, 4.69) is 182 Å². The molecule has 0 aliphatic heterocycles. The summed E-state index contributed by atoms with van der Waals surface area (Å²) in [6.07, 6.45) is 0. The minimum atomic E-state index is 0.632. The molecule has 10 aromatic rings. The molecule has 258 valence electrons. The number of hydrogen-bond acceptors (Lipinski definition) is 4. The zero-order valence-electron chi connectivity index (χ0n) is 29.8. The molecular weight excluding hydrogens is 687 g/mol. The SMILES string of the molecule is c1ccc(-c2ccc(-c3ccc(-c4nc(-c5ccc(-c6ccc7sc8ccccc8c7c6)cc5)nc(-c5ccccc5-c5ccccc5)n4)cc3)cc2)cc1. The van der Waals surface area contributed by atoms with Gasteiger partial charge in [-0.15, -0.1) is 11.3 Å². The molecule has 8 aromatic carbocycles. The Hall–Kier alpha value is -7.01.